The first-order chi connectivity index (χ1) is 0. The molecule has 0 saturated heterocycles. The molecule has 0 aromatic heterocycles. The fraction of sp³-hybridized carbons (Fsp3) is 0. The molecule has 0 heterocycles. The largest absolute Gasteiger partial charge is 4.00 e. The topological polar surface area (TPSA) is 85.5 Å². The smallest absolute Gasteiger partial charge is 2.00 e. The molecule has 0 unspecified atom stereocenters. The summed E-state index contributed by atoms with van der Waals surface area (Å²) in [5, 5.41) is 0. The summed E-state index contributed by atoms with van der Waals surface area (Å²) in [7, 11) is 0. The van der Waals surface area contributed by atoms with Gasteiger partial charge in [-0.1, -0.05) is 0 Å². The van der Waals surface area contributed by atoms with E-state index in [1.54, 1.807) is 0 Å². The van der Waals surface area contributed by atoms with Crippen LogP contribution in [0.2, 0.25) is 0 Å². The van der Waals surface area contributed by atoms with Gasteiger partial charge in [0.1, 0.15) is 0 Å². The Morgan fingerprint density at radius 3 is 0.500 bits per heavy atom. The zero-order valence-electron chi connectivity index (χ0n) is 3.58. The van der Waals surface area contributed by atoms with Gasteiger partial charge in [-0.05, 0) is 0 Å². The van der Waals surface area contributed by atoms with Crippen LogP contribution in [0.25, 0.3) is 0 Å². The Bertz CT molecular complexity index is 8.75. The van der Waals surface area contributed by atoms with Crippen molar-refractivity contribution in [2.24, 2.45) is 0 Å². The van der Waals surface area contributed by atoms with Gasteiger partial charge in [-0.15, -0.1) is 0 Å². The van der Waals surface area contributed by atoms with Gasteiger partial charge in [0.05, 0.1) is 0 Å². The monoisotopic (exact) mass is 416 g/mol. The Kier molecular flexibility index (Phi) is 258. The molecule has 0 radical (unpaired) electrons. The van der Waals surface area contributed by atoms with Crippen molar-refractivity contribution in [2.45, 2.75) is 0 Å². The summed E-state index contributed by atoms with van der Waals surface area (Å²) in [5.74, 6) is 0. The molecule has 0 aliphatic carbocycles. The summed E-state index contributed by atoms with van der Waals surface area (Å²) in [5.41, 5.74) is 0. The van der Waals surface area contributed by atoms with Gasteiger partial charge in [-0.2, -0.15) is 0 Å². The molecule has 6 heteroatoms. The molecule has 0 spiro atoms. The molecule has 6 heavy (non-hydrogen) atoms. The van der Waals surface area contributed by atoms with E-state index in [-0.39, 0.29) is 174 Å². The predicted molar refractivity (Wildman–Crippen MR) is 2.06 cm³/mol. The van der Waals surface area contributed by atoms with Gasteiger partial charge in [-0.3, -0.25) is 0 Å². The Morgan fingerprint density at radius 1 is 0.500 bits per heavy atom. The minimum Gasteiger partial charge on any atom is -2.00 e. The van der Waals surface area contributed by atoms with Crippen molar-refractivity contribution >= 4 is 0 Å². The molecule has 0 aromatic rings. The Balaban J connectivity index is 0. The van der Waals surface area contributed by atoms with E-state index in [1.807, 2.05) is 0 Å². The molecule has 28 valence electrons. The van der Waals surface area contributed by atoms with Gasteiger partial charge in [0.25, 0.3) is 0 Å². The quantitative estimate of drug-likeness (QED) is 0.353. The fourth-order valence-electron chi connectivity index (χ4n) is 0. The average Bonchev–Trinajstić information content (AvgIpc) is 0. The molecule has 0 bridgehead atoms. The van der Waals surface area contributed by atoms with Gasteiger partial charge in [0, 0.05) is 0 Å². The molecule has 0 aromatic carbocycles. The standard InChI is InChI=1S/2Cs.3O.Ru/q2*+1;3*-2;+4. The Hall–Kier alpha value is 4.61. The predicted octanol–water partition coefficient (Wildman–Crippen LogP) is -6.35. The summed E-state index contributed by atoms with van der Waals surface area (Å²) in [6, 6.07) is 0. The van der Waals surface area contributed by atoms with Crippen LogP contribution in [0.5, 0.6) is 0 Å². The number of hydrogen-bond donors (Lipinski definition) is 0. The van der Waals surface area contributed by atoms with Crippen molar-refractivity contribution < 1.29 is 174 Å². The van der Waals surface area contributed by atoms with Crippen molar-refractivity contribution in [1.29, 1.82) is 0 Å². The average molecular weight is 415 g/mol. The van der Waals surface area contributed by atoms with Gasteiger partial charge in [-0.25, -0.2) is 0 Å². The van der Waals surface area contributed by atoms with Crippen LogP contribution in [0.15, 0.2) is 0 Å². The summed E-state index contributed by atoms with van der Waals surface area (Å²) in [4.78, 5) is 0. The molecule has 0 saturated carbocycles. The minimum absolute atomic E-state index is 0. The van der Waals surface area contributed by atoms with Gasteiger partial charge in [0.15, 0.2) is 0 Å². The Labute approximate surface area is 167 Å². The van der Waals surface area contributed by atoms with Crippen LogP contribution in [-0.4, -0.2) is 0 Å². The van der Waals surface area contributed by atoms with E-state index in [0.29, 0.717) is 0 Å². The van der Waals surface area contributed by atoms with Crippen LogP contribution in [0.3, 0.4) is 0 Å². The van der Waals surface area contributed by atoms with Gasteiger partial charge >= 0.3 is 157 Å². The fourth-order valence-corrected chi connectivity index (χ4v) is 0. The van der Waals surface area contributed by atoms with E-state index in [2.05, 4.69) is 0 Å². The molecule has 0 fully saturated rings. The second-order valence-corrected chi connectivity index (χ2v) is 0. The van der Waals surface area contributed by atoms with Crippen molar-refractivity contribution in [3.8, 4) is 0 Å². The van der Waals surface area contributed by atoms with Crippen molar-refractivity contribution in [3.63, 3.8) is 0 Å². The summed E-state index contributed by atoms with van der Waals surface area (Å²) in [6.07, 6.45) is 0. The van der Waals surface area contributed by atoms with Crippen LogP contribution < -0.4 is 138 Å². The molecule has 0 atom stereocenters. The third kappa shape index (κ3) is 23.5. The SMILES string of the molecule is [Cs+].[Cs+].[O-2].[O-2].[O-2].[Ru+4]. The van der Waals surface area contributed by atoms with E-state index in [1.165, 1.54) is 0 Å². The first-order valence-electron chi connectivity index (χ1n) is 0. The van der Waals surface area contributed by atoms with Crippen molar-refractivity contribution in [3.05, 3.63) is 0 Å². The molecule has 3 nitrogen and oxygen atoms in total. The zero-order valence-corrected chi connectivity index (χ0v) is 17.9. The summed E-state index contributed by atoms with van der Waals surface area (Å²) in [6.45, 7) is 0. The molecular formula is Cs2O3Ru. The zero-order chi connectivity index (χ0) is 0. The van der Waals surface area contributed by atoms with E-state index in [0.717, 1.165) is 0 Å². The van der Waals surface area contributed by atoms with Crippen LogP contribution in [0.1, 0.15) is 0 Å². The number of rotatable bonds is 0. The van der Waals surface area contributed by atoms with Crippen LogP contribution in [0.4, 0.5) is 0 Å². The maximum absolute atomic E-state index is 0. The van der Waals surface area contributed by atoms with Crippen LogP contribution >= 0.6 is 0 Å². The number of hydrogen-bond acceptors (Lipinski definition) is 0. The molecule has 0 N–H and O–H groups in total. The first kappa shape index (κ1) is 46.1. The molecular weight excluding hydrogens is 415 g/mol. The molecule has 0 amide bonds. The molecule has 0 aliphatic heterocycles. The van der Waals surface area contributed by atoms with E-state index >= 15 is 0 Å². The summed E-state index contributed by atoms with van der Waals surface area (Å²) < 4.78 is 0. The minimum atomic E-state index is 0. The van der Waals surface area contributed by atoms with Crippen LogP contribution in [-0.2, 0) is 35.9 Å². The molecule has 0 rings (SSSR count). The third-order valence-corrected chi connectivity index (χ3v) is 0. The second kappa shape index (κ2) is 33.5. The van der Waals surface area contributed by atoms with Crippen LogP contribution in [0, 0.1) is 0 Å². The maximum atomic E-state index is 0. The van der Waals surface area contributed by atoms with E-state index in [9.17, 15) is 0 Å². The second-order valence-electron chi connectivity index (χ2n) is 0. The van der Waals surface area contributed by atoms with Gasteiger partial charge < -0.3 is 16.4 Å². The normalized spacial score (nSPS) is 0. The van der Waals surface area contributed by atoms with E-state index in [4.69, 9.17) is 0 Å². The maximum Gasteiger partial charge on any atom is 4.00 e. The van der Waals surface area contributed by atoms with Crippen molar-refractivity contribution in [1.82, 2.24) is 0 Å². The van der Waals surface area contributed by atoms with Crippen molar-refractivity contribution in [2.75, 3.05) is 0 Å². The Morgan fingerprint density at radius 2 is 0.500 bits per heavy atom. The van der Waals surface area contributed by atoms with E-state index < -0.39 is 0 Å². The van der Waals surface area contributed by atoms with Gasteiger partial charge in [0.2, 0.25) is 0 Å². The summed E-state index contributed by atoms with van der Waals surface area (Å²) >= 11 is 0. The first-order valence-corrected chi connectivity index (χ1v) is 0. The molecule has 0 aliphatic rings. The third-order valence-electron chi connectivity index (χ3n) is 0.